The quantitative estimate of drug-likeness (QED) is 0.0707. The lowest BCUT2D eigenvalue weighted by molar-refractivity contribution is 0.0106. The molecule has 2 atom stereocenters. The Labute approximate surface area is 328 Å². The molecule has 0 spiro atoms. The van der Waals surface area contributed by atoms with Crippen molar-refractivity contribution in [3.8, 4) is 0 Å². The Kier molecular flexibility index (Phi) is 13.8. The zero-order valence-corrected chi connectivity index (χ0v) is 33.6. The summed E-state index contributed by atoms with van der Waals surface area (Å²) in [5.74, 6) is 0. The summed E-state index contributed by atoms with van der Waals surface area (Å²) in [7, 11) is -7.74. The van der Waals surface area contributed by atoms with Gasteiger partial charge in [-0.05, 0) is 80.5 Å². The number of rotatable bonds is 18. The molecule has 0 saturated heterocycles. The first-order valence-electron chi connectivity index (χ1n) is 19.6. The molecule has 1 aliphatic rings. The summed E-state index contributed by atoms with van der Waals surface area (Å²) in [6, 6.07) is 43.8. The number of sulfonamides is 2. The first kappa shape index (κ1) is 40.5. The minimum atomic E-state index is -3.89. The van der Waals surface area contributed by atoms with Gasteiger partial charge < -0.3 is 4.74 Å². The Morgan fingerprint density at radius 3 is 1.56 bits per heavy atom. The number of benzene rings is 5. The van der Waals surface area contributed by atoms with Gasteiger partial charge in [0.1, 0.15) is 5.60 Å². The van der Waals surface area contributed by atoms with Gasteiger partial charge in [0.2, 0.25) is 20.0 Å². The molecule has 9 heteroatoms. The minimum absolute atomic E-state index is 0.188. The fourth-order valence-corrected chi connectivity index (χ4v) is 10.8. The zero-order valence-electron chi connectivity index (χ0n) is 32.0. The van der Waals surface area contributed by atoms with E-state index in [0.29, 0.717) is 32.4 Å². The highest BCUT2D eigenvalue weighted by atomic mass is 32.2. The largest absolute Gasteiger partial charge is 0.361 e. The van der Waals surface area contributed by atoms with E-state index in [1.807, 2.05) is 44.2 Å². The number of ether oxygens (including phenoxy) is 1. The molecule has 0 radical (unpaired) electrons. The summed E-state index contributed by atoms with van der Waals surface area (Å²) in [6.07, 6.45) is 7.05. The van der Waals surface area contributed by atoms with Crippen LogP contribution < -0.4 is 4.72 Å². The second-order valence-corrected chi connectivity index (χ2v) is 18.3. The fraction of sp³-hybridized carbons (Fsp3) is 0.348. The van der Waals surface area contributed by atoms with Crippen LogP contribution in [0, 0.1) is 13.8 Å². The Bertz CT molecular complexity index is 2050. The van der Waals surface area contributed by atoms with E-state index in [1.54, 1.807) is 40.7 Å². The van der Waals surface area contributed by atoms with Crippen molar-refractivity contribution >= 4 is 20.0 Å². The van der Waals surface area contributed by atoms with Gasteiger partial charge in [0.05, 0.1) is 9.79 Å². The molecule has 5 aromatic carbocycles. The van der Waals surface area contributed by atoms with E-state index >= 15 is 0 Å². The predicted molar refractivity (Wildman–Crippen MR) is 221 cm³/mol. The average molecular weight is 779 g/mol. The van der Waals surface area contributed by atoms with Gasteiger partial charge in [-0.1, -0.05) is 158 Å². The number of hydrogen-bond acceptors (Lipinski definition) is 5. The summed E-state index contributed by atoms with van der Waals surface area (Å²) in [6.45, 7) is 4.72. The third-order valence-corrected chi connectivity index (χ3v) is 14.2. The van der Waals surface area contributed by atoms with Crippen molar-refractivity contribution in [3.63, 3.8) is 0 Å². The number of hydrogen-bond donors (Lipinski definition) is 1. The third-order valence-electron chi connectivity index (χ3n) is 10.7. The lowest BCUT2D eigenvalue weighted by atomic mass is 9.80. The van der Waals surface area contributed by atoms with Crippen LogP contribution in [-0.4, -0.2) is 46.4 Å². The highest BCUT2D eigenvalue weighted by molar-refractivity contribution is 7.89. The molecule has 5 aromatic rings. The van der Waals surface area contributed by atoms with E-state index in [4.69, 9.17) is 4.74 Å². The molecule has 1 aliphatic carbocycles. The van der Waals surface area contributed by atoms with Crippen molar-refractivity contribution in [2.75, 3.05) is 13.2 Å². The number of nitrogens with zero attached hydrogens (tertiary/aromatic N) is 1. The second kappa shape index (κ2) is 18.7. The highest BCUT2D eigenvalue weighted by Gasteiger charge is 2.40. The van der Waals surface area contributed by atoms with Crippen molar-refractivity contribution in [1.82, 2.24) is 9.03 Å². The molecule has 1 saturated carbocycles. The van der Waals surface area contributed by atoms with Gasteiger partial charge in [0.25, 0.3) is 0 Å². The van der Waals surface area contributed by atoms with Crippen molar-refractivity contribution in [3.05, 3.63) is 167 Å². The number of aryl methyl sites for hydroxylation is 2. The maximum absolute atomic E-state index is 14.3. The van der Waals surface area contributed by atoms with Crippen LogP contribution in [0.25, 0.3) is 0 Å². The Balaban J connectivity index is 1.13. The maximum Gasteiger partial charge on any atom is 0.243 e. The first-order valence-corrected chi connectivity index (χ1v) is 22.5. The number of unbranched alkanes of at least 4 members (excludes halogenated alkanes) is 4. The lowest BCUT2D eigenvalue weighted by Crippen LogP contribution is -2.55. The first-order chi connectivity index (χ1) is 26.6. The van der Waals surface area contributed by atoms with Crippen molar-refractivity contribution in [2.24, 2.45) is 0 Å². The Hall–Kier alpha value is -4.12. The smallest absolute Gasteiger partial charge is 0.243 e. The minimum Gasteiger partial charge on any atom is -0.361 e. The highest BCUT2D eigenvalue weighted by Crippen LogP contribution is 2.40. The summed E-state index contributed by atoms with van der Waals surface area (Å²) < 4.78 is 67.2. The summed E-state index contributed by atoms with van der Waals surface area (Å²) in [5, 5.41) is 0. The summed E-state index contributed by atoms with van der Waals surface area (Å²) in [5.41, 5.74) is 4.41. The lowest BCUT2D eigenvalue weighted by Gasteiger charge is -2.39. The van der Waals surface area contributed by atoms with Crippen LogP contribution in [0.5, 0.6) is 0 Å². The van der Waals surface area contributed by atoms with Gasteiger partial charge in [-0.2, -0.15) is 4.31 Å². The van der Waals surface area contributed by atoms with Gasteiger partial charge in [0, 0.05) is 25.2 Å². The molecule has 6 rings (SSSR count). The average Bonchev–Trinajstić information content (AvgIpc) is 3.20. The Morgan fingerprint density at radius 2 is 1.04 bits per heavy atom. The van der Waals surface area contributed by atoms with E-state index < -0.39 is 37.7 Å². The van der Waals surface area contributed by atoms with Gasteiger partial charge in [-0.15, -0.1) is 0 Å². The maximum atomic E-state index is 14.3. The van der Waals surface area contributed by atoms with Gasteiger partial charge >= 0.3 is 0 Å². The van der Waals surface area contributed by atoms with Crippen LogP contribution in [-0.2, 0) is 30.4 Å². The van der Waals surface area contributed by atoms with E-state index in [-0.39, 0.29) is 9.79 Å². The van der Waals surface area contributed by atoms with Crippen molar-refractivity contribution < 1.29 is 21.6 Å². The summed E-state index contributed by atoms with van der Waals surface area (Å²) in [4.78, 5) is 0.424. The summed E-state index contributed by atoms with van der Waals surface area (Å²) >= 11 is 0. The second-order valence-electron chi connectivity index (χ2n) is 14.7. The molecule has 1 N–H and O–H groups in total. The normalized spacial score (nSPS) is 16.6. The van der Waals surface area contributed by atoms with Crippen LogP contribution in [0.1, 0.15) is 85.6 Å². The van der Waals surface area contributed by atoms with Crippen LogP contribution in [0.2, 0.25) is 0 Å². The molecule has 0 unspecified atom stereocenters. The van der Waals surface area contributed by atoms with E-state index in [9.17, 15) is 16.8 Å². The SMILES string of the molecule is Cc1ccc(S(=O)(=O)N[C@@H]2CCCC[C@H]2N(CCCCCCCOC(c2ccccc2)(c2ccccc2)c2ccccc2)S(=O)(=O)c2ccc(C)cc2)cc1. The van der Waals surface area contributed by atoms with Gasteiger partial charge in [-0.25, -0.2) is 21.6 Å². The van der Waals surface area contributed by atoms with Gasteiger partial charge in [0.15, 0.2) is 0 Å². The number of nitrogens with one attached hydrogen (secondary N) is 1. The molecule has 7 nitrogen and oxygen atoms in total. The fourth-order valence-electron chi connectivity index (χ4n) is 7.78. The predicted octanol–water partition coefficient (Wildman–Crippen LogP) is 9.54. The van der Waals surface area contributed by atoms with Crippen LogP contribution in [0.3, 0.4) is 0 Å². The van der Waals surface area contributed by atoms with Gasteiger partial charge in [-0.3, -0.25) is 0 Å². The standard InChI is InChI=1S/C46H54N2O5S2/c1-37-27-31-42(32-28-37)54(49,50)47-44-25-15-16-26-45(44)48(55(51,52)43-33-29-38(2)30-34-43)35-17-4-3-5-18-36-53-46(39-19-9-6-10-20-39,40-21-11-7-12-22-40)41-23-13-8-14-24-41/h6-14,19-24,27-34,44-45,47H,3-5,15-18,25-26,35-36H2,1-2H3/t44-,45-/m1/s1. The van der Waals surface area contributed by atoms with Crippen LogP contribution in [0.15, 0.2) is 149 Å². The molecule has 0 aromatic heterocycles. The van der Waals surface area contributed by atoms with Crippen molar-refractivity contribution in [2.45, 2.75) is 99.1 Å². The zero-order chi connectivity index (χ0) is 38.7. The van der Waals surface area contributed by atoms with Crippen LogP contribution >= 0.6 is 0 Å². The molecule has 0 heterocycles. The van der Waals surface area contributed by atoms with E-state index in [0.717, 1.165) is 66.3 Å². The molecular formula is C46H54N2O5S2. The molecule has 0 amide bonds. The van der Waals surface area contributed by atoms with Crippen molar-refractivity contribution in [1.29, 1.82) is 0 Å². The Morgan fingerprint density at radius 1 is 0.582 bits per heavy atom. The van der Waals surface area contributed by atoms with E-state index in [2.05, 4.69) is 77.5 Å². The molecule has 55 heavy (non-hydrogen) atoms. The van der Waals surface area contributed by atoms with Crippen LogP contribution in [0.4, 0.5) is 0 Å². The molecule has 1 fully saturated rings. The third kappa shape index (κ3) is 9.83. The molecule has 0 aliphatic heterocycles. The topological polar surface area (TPSA) is 92.8 Å². The molecule has 290 valence electrons. The molecular weight excluding hydrogens is 725 g/mol. The van der Waals surface area contributed by atoms with E-state index in [1.165, 1.54) is 0 Å². The monoisotopic (exact) mass is 778 g/mol. The molecule has 0 bridgehead atoms.